The molecule has 27 heavy (non-hydrogen) atoms. The Hall–Kier alpha value is -1.98. The lowest BCUT2D eigenvalue weighted by molar-refractivity contribution is -0.129. The third kappa shape index (κ3) is 4.47. The molecule has 0 bridgehead atoms. The SMILES string of the molecule is CCn1cnnc1SCC(=O)N1CCN(S(=O)(=O)c2cccc(F)c2)CC1. The first-order valence-electron chi connectivity index (χ1n) is 8.46. The monoisotopic (exact) mass is 413 g/mol. The lowest BCUT2D eigenvalue weighted by Gasteiger charge is -2.34. The molecule has 2 heterocycles. The minimum absolute atomic E-state index is 0.0725. The van der Waals surface area contributed by atoms with Gasteiger partial charge in [-0.3, -0.25) is 4.79 Å². The van der Waals surface area contributed by atoms with Crippen LogP contribution < -0.4 is 0 Å². The number of nitrogens with zero attached hydrogens (tertiary/aromatic N) is 5. The maximum atomic E-state index is 13.3. The number of rotatable bonds is 6. The van der Waals surface area contributed by atoms with Crippen LogP contribution in [0.15, 0.2) is 40.6 Å². The van der Waals surface area contributed by atoms with E-state index in [-0.39, 0.29) is 29.6 Å². The molecule has 8 nitrogen and oxygen atoms in total. The lowest BCUT2D eigenvalue weighted by atomic mass is 10.3. The minimum Gasteiger partial charge on any atom is -0.339 e. The van der Waals surface area contributed by atoms with Crippen molar-refractivity contribution < 1.29 is 17.6 Å². The molecule has 0 aliphatic carbocycles. The molecule has 0 atom stereocenters. The summed E-state index contributed by atoms with van der Waals surface area (Å²) in [5.74, 6) is -0.453. The van der Waals surface area contributed by atoms with Gasteiger partial charge in [-0.25, -0.2) is 12.8 Å². The molecule has 0 spiro atoms. The predicted molar refractivity (Wildman–Crippen MR) is 98.2 cm³/mol. The topological polar surface area (TPSA) is 88.4 Å². The Morgan fingerprint density at radius 1 is 1.26 bits per heavy atom. The molecule has 0 N–H and O–H groups in total. The van der Waals surface area contributed by atoms with Crippen molar-refractivity contribution in [2.45, 2.75) is 23.5 Å². The van der Waals surface area contributed by atoms with E-state index in [9.17, 15) is 17.6 Å². The fourth-order valence-electron chi connectivity index (χ4n) is 2.75. The standard InChI is InChI=1S/C16H20FN5O3S2/c1-2-20-12-18-19-16(20)26-11-15(23)21-6-8-22(9-7-21)27(24,25)14-5-3-4-13(17)10-14/h3-5,10,12H,2,6-9,11H2,1H3. The molecule has 1 saturated heterocycles. The number of sulfonamides is 1. The number of aromatic nitrogens is 3. The Balaban J connectivity index is 1.56. The Bertz CT molecular complexity index is 910. The van der Waals surface area contributed by atoms with Crippen molar-refractivity contribution >= 4 is 27.7 Å². The van der Waals surface area contributed by atoms with Crippen molar-refractivity contribution in [2.24, 2.45) is 0 Å². The molecule has 11 heteroatoms. The number of piperazine rings is 1. The van der Waals surface area contributed by atoms with Crippen LogP contribution in [0.3, 0.4) is 0 Å². The average Bonchev–Trinajstić information content (AvgIpc) is 3.14. The Morgan fingerprint density at radius 3 is 2.67 bits per heavy atom. The number of benzene rings is 1. The fraction of sp³-hybridized carbons (Fsp3) is 0.438. The van der Waals surface area contributed by atoms with Crippen molar-refractivity contribution in [2.75, 3.05) is 31.9 Å². The second-order valence-corrected chi connectivity index (χ2v) is 8.81. The summed E-state index contributed by atoms with van der Waals surface area (Å²) in [6, 6.07) is 4.95. The molecule has 1 aliphatic heterocycles. The summed E-state index contributed by atoms with van der Waals surface area (Å²) in [6.45, 7) is 3.65. The van der Waals surface area contributed by atoms with Gasteiger partial charge in [0.1, 0.15) is 12.1 Å². The van der Waals surface area contributed by atoms with Gasteiger partial charge in [0.2, 0.25) is 15.9 Å². The van der Waals surface area contributed by atoms with Crippen LogP contribution in [-0.2, 0) is 21.4 Å². The van der Waals surface area contributed by atoms with Crippen molar-refractivity contribution in [3.05, 3.63) is 36.4 Å². The summed E-state index contributed by atoms with van der Waals surface area (Å²) in [7, 11) is -3.76. The van der Waals surface area contributed by atoms with Gasteiger partial charge in [0.15, 0.2) is 5.16 Å². The molecule has 2 aromatic rings. The summed E-state index contributed by atoms with van der Waals surface area (Å²) < 4.78 is 41.7. The minimum atomic E-state index is -3.76. The van der Waals surface area contributed by atoms with Crippen LogP contribution in [0.2, 0.25) is 0 Å². The van der Waals surface area contributed by atoms with Gasteiger partial charge in [0.05, 0.1) is 10.6 Å². The van der Waals surface area contributed by atoms with Gasteiger partial charge < -0.3 is 9.47 Å². The van der Waals surface area contributed by atoms with Gasteiger partial charge in [0, 0.05) is 32.7 Å². The molecule has 146 valence electrons. The van der Waals surface area contributed by atoms with Crippen molar-refractivity contribution in [3.8, 4) is 0 Å². The van der Waals surface area contributed by atoms with Crippen LogP contribution in [0.5, 0.6) is 0 Å². The summed E-state index contributed by atoms with van der Waals surface area (Å²) in [6.07, 6.45) is 1.61. The van der Waals surface area contributed by atoms with Gasteiger partial charge in [-0.2, -0.15) is 4.31 Å². The van der Waals surface area contributed by atoms with Crippen molar-refractivity contribution in [3.63, 3.8) is 0 Å². The van der Waals surface area contributed by atoms with E-state index in [4.69, 9.17) is 0 Å². The normalized spacial score (nSPS) is 15.9. The molecule has 1 aromatic carbocycles. The molecule has 3 rings (SSSR count). The second-order valence-electron chi connectivity index (χ2n) is 5.93. The number of thioether (sulfide) groups is 1. The van der Waals surface area contributed by atoms with E-state index >= 15 is 0 Å². The van der Waals surface area contributed by atoms with Gasteiger partial charge in [-0.15, -0.1) is 10.2 Å². The Morgan fingerprint density at radius 2 is 2.00 bits per heavy atom. The summed E-state index contributed by atoms with van der Waals surface area (Å²) in [5.41, 5.74) is 0. The average molecular weight is 414 g/mol. The van der Waals surface area contributed by atoms with E-state index < -0.39 is 15.8 Å². The van der Waals surface area contributed by atoms with E-state index in [2.05, 4.69) is 10.2 Å². The maximum absolute atomic E-state index is 13.3. The summed E-state index contributed by atoms with van der Waals surface area (Å²) in [5, 5.41) is 8.48. The predicted octanol–water partition coefficient (Wildman–Crippen LogP) is 1.06. The van der Waals surface area contributed by atoms with Crippen molar-refractivity contribution in [1.29, 1.82) is 0 Å². The number of hydrogen-bond acceptors (Lipinski definition) is 6. The first-order chi connectivity index (χ1) is 12.9. The van der Waals surface area contributed by atoms with Gasteiger partial charge in [-0.1, -0.05) is 17.8 Å². The zero-order valence-electron chi connectivity index (χ0n) is 14.8. The molecule has 1 aliphatic rings. The largest absolute Gasteiger partial charge is 0.339 e. The zero-order chi connectivity index (χ0) is 19.4. The smallest absolute Gasteiger partial charge is 0.243 e. The van der Waals surface area contributed by atoms with Gasteiger partial charge >= 0.3 is 0 Å². The molecule has 1 fully saturated rings. The number of carbonyl (C=O) groups excluding carboxylic acids is 1. The molecule has 0 radical (unpaired) electrons. The maximum Gasteiger partial charge on any atom is 0.243 e. The highest BCUT2D eigenvalue weighted by Crippen LogP contribution is 2.20. The molecular weight excluding hydrogens is 393 g/mol. The van der Waals surface area contributed by atoms with Crippen molar-refractivity contribution in [1.82, 2.24) is 24.0 Å². The number of aryl methyl sites for hydroxylation is 1. The molecule has 1 aromatic heterocycles. The number of amides is 1. The zero-order valence-corrected chi connectivity index (χ0v) is 16.4. The van der Waals surface area contributed by atoms with Gasteiger partial charge in [-0.05, 0) is 25.1 Å². The lowest BCUT2D eigenvalue weighted by Crippen LogP contribution is -2.51. The molecule has 0 saturated carbocycles. The van der Waals surface area contributed by atoms with E-state index in [1.807, 2.05) is 11.5 Å². The summed E-state index contributed by atoms with van der Waals surface area (Å²) in [4.78, 5) is 14.0. The van der Waals surface area contributed by atoms with Gasteiger partial charge in [0.25, 0.3) is 0 Å². The number of hydrogen-bond donors (Lipinski definition) is 0. The second kappa shape index (κ2) is 8.36. The number of carbonyl (C=O) groups is 1. The highest BCUT2D eigenvalue weighted by Gasteiger charge is 2.30. The van der Waals surface area contributed by atoms with E-state index in [1.54, 1.807) is 11.2 Å². The highest BCUT2D eigenvalue weighted by molar-refractivity contribution is 7.99. The number of halogens is 1. The molecule has 1 amide bonds. The summed E-state index contributed by atoms with van der Waals surface area (Å²) >= 11 is 1.31. The third-order valence-corrected chi connectivity index (χ3v) is 7.13. The highest BCUT2D eigenvalue weighted by atomic mass is 32.2. The van der Waals surface area contributed by atoms with Crippen LogP contribution >= 0.6 is 11.8 Å². The van der Waals surface area contributed by atoms with Crippen LogP contribution in [-0.4, -0.2) is 70.2 Å². The van der Waals surface area contributed by atoms with Crippen LogP contribution in [0.25, 0.3) is 0 Å². The quantitative estimate of drug-likeness (QED) is 0.658. The molecular formula is C16H20FN5O3S2. The first kappa shape index (κ1) is 19.8. The third-order valence-electron chi connectivity index (χ3n) is 4.27. The van der Waals surface area contributed by atoms with Crippen LogP contribution in [0.4, 0.5) is 4.39 Å². The Kier molecular flexibility index (Phi) is 6.12. The van der Waals surface area contributed by atoms with E-state index in [0.29, 0.717) is 18.2 Å². The van der Waals surface area contributed by atoms with Crippen LogP contribution in [0, 0.1) is 5.82 Å². The van der Waals surface area contributed by atoms with Crippen LogP contribution in [0.1, 0.15) is 6.92 Å². The first-order valence-corrected chi connectivity index (χ1v) is 10.9. The fourth-order valence-corrected chi connectivity index (χ4v) is 5.08. The molecule has 0 unspecified atom stereocenters. The Labute approximate surface area is 161 Å². The van der Waals surface area contributed by atoms with E-state index in [0.717, 1.165) is 12.6 Å². The van der Waals surface area contributed by atoms with E-state index in [1.165, 1.54) is 34.3 Å².